The molecule has 0 aliphatic carbocycles. The molecule has 0 spiro atoms. The van der Waals surface area contributed by atoms with E-state index in [2.05, 4.69) is 10.4 Å². The van der Waals surface area contributed by atoms with E-state index >= 15 is 0 Å². The third-order valence-corrected chi connectivity index (χ3v) is 4.24. The second-order valence-electron chi connectivity index (χ2n) is 5.93. The van der Waals surface area contributed by atoms with Crippen LogP contribution in [0.25, 0.3) is 11.3 Å². The number of aromatic nitrogens is 2. The number of amides is 1. The smallest absolute Gasteiger partial charge is 0.267 e. The van der Waals surface area contributed by atoms with Crippen molar-refractivity contribution in [3.8, 4) is 11.3 Å². The summed E-state index contributed by atoms with van der Waals surface area (Å²) in [5.41, 5.74) is 3.26. The molecule has 0 radical (unpaired) electrons. The Hall–Kier alpha value is -2.92. The van der Waals surface area contributed by atoms with Crippen molar-refractivity contribution < 1.29 is 4.79 Å². The molecule has 6 heteroatoms. The molecule has 0 atom stereocenters. The molecule has 0 saturated carbocycles. The van der Waals surface area contributed by atoms with Crippen LogP contribution in [0.15, 0.2) is 65.5 Å². The zero-order valence-corrected chi connectivity index (χ0v) is 15.0. The highest BCUT2D eigenvalue weighted by molar-refractivity contribution is 6.30. The molecule has 0 bridgehead atoms. The van der Waals surface area contributed by atoms with Gasteiger partial charge in [0.2, 0.25) is 5.91 Å². The molecule has 0 unspecified atom stereocenters. The Bertz CT molecular complexity index is 981. The van der Waals surface area contributed by atoms with Crippen LogP contribution in [0.2, 0.25) is 5.02 Å². The molecule has 1 amide bonds. The fourth-order valence-electron chi connectivity index (χ4n) is 2.56. The van der Waals surface area contributed by atoms with Crippen LogP contribution in [-0.2, 0) is 17.9 Å². The van der Waals surface area contributed by atoms with E-state index in [0.29, 0.717) is 17.3 Å². The third kappa shape index (κ3) is 4.37. The van der Waals surface area contributed by atoms with Crippen molar-refractivity contribution in [2.24, 2.45) is 0 Å². The van der Waals surface area contributed by atoms with Gasteiger partial charge in [-0.2, -0.15) is 5.10 Å². The van der Waals surface area contributed by atoms with Crippen LogP contribution < -0.4 is 10.9 Å². The van der Waals surface area contributed by atoms with Gasteiger partial charge in [-0.25, -0.2) is 4.68 Å². The molecule has 2 aromatic carbocycles. The summed E-state index contributed by atoms with van der Waals surface area (Å²) in [6.45, 7) is 2.21. The summed E-state index contributed by atoms with van der Waals surface area (Å²) in [5.74, 6) is -0.281. The van der Waals surface area contributed by atoms with Crippen LogP contribution in [0.1, 0.15) is 11.1 Å². The summed E-state index contributed by atoms with van der Waals surface area (Å²) in [7, 11) is 0. The van der Waals surface area contributed by atoms with E-state index in [1.54, 1.807) is 18.2 Å². The van der Waals surface area contributed by atoms with Gasteiger partial charge in [0.25, 0.3) is 5.56 Å². The highest BCUT2D eigenvalue weighted by atomic mass is 35.5. The van der Waals surface area contributed by atoms with Crippen LogP contribution in [0.5, 0.6) is 0 Å². The molecule has 0 aliphatic rings. The topological polar surface area (TPSA) is 64.0 Å². The van der Waals surface area contributed by atoms with Gasteiger partial charge >= 0.3 is 0 Å². The summed E-state index contributed by atoms with van der Waals surface area (Å²) < 4.78 is 1.18. The number of benzene rings is 2. The van der Waals surface area contributed by atoms with Gasteiger partial charge < -0.3 is 5.32 Å². The minimum absolute atomic E-state index is 0.133. The summed E-state index contributed by atoms with van der Waals surface area (Å²) >= 11 is 5.84. The van der Waals surface area contributed by atoms with Gasteiger partial charge in [0, 0.05) is 23.2 Å². The number of hydrogen-bond donors (Lipinski definition) is 1. The van der Waals surface area contributed by atoms with Crippen LogP contribution in [0.4, 0.5) is 0 Å². The number of carbonyl (C=O) groups is 1. The molecule has 3 rings (SSSR count). The fourth-order valence-corrected chi connectivity index (χ4v) is 2.69. The van der Waals surface area contributed by atoms with Crippen LogP contribution in [-0.4, -0.2) is 15.7 Å². The first kappa shape index (κ1) is 17.9. The quantitative estimate of drug-likeness (QED) is 0.753. The Morgan fingerprint density at radius 1 is 1.08 bits per heavy atom. The van der Waals surface area contributed by atoms with E-state index in [9.17, 15) is 9.59 Å². The highest BCUT2D eigenvalue weighted by Gasteiger charge is 2.09. The molecule has 3 aromatic rings. The Labute approximate surface area is 156 Å². The summed E-state index contributed by atoms with van der Waals surface area (Å²) in [6, 6.07) is 18.1. The van der Waals surface area contributed by atoms with Crippen LogP contribution in [0.3, 0.4) is 0 Å². The van der Waals surface area contributed by atoms with E-state index in [4.69, 9.17) is 11.6 Å². The van der Waals surface area contributed by atoms with Gasteiger partial charge in [0.1, 0.15) is 6.54 Å². The zero-order valence-electron chi connectivity index (χ0n) is 14.3. The summed E-state index contributed by atoms with van der Waals surface area (Å²) in [5, 5.41) is 7.76. The first-order valence-electron chi connectivity index (χ1n) is 8.18. The minimum Gasteiger partial charge on any atom is -0.350 e. The predicted molar refractivity (Wildman–Crippen MR) is 102 cm³/mol. The Morgan fingerprint density at radius 2 is 1.81 bits per heavy atom. The van der Waals surface area contributed by atoms with E-state index in [0.717, 1.165) is 16.7 Å². The number of halogens is 1. The molecule has 132 valence electrons. The van der Waals surface area contributed by atoms with Gasteiger partial charge in [-0.3, -0.25) is 9.59 Å². The number of rotatable bonds is 5. The van der Waals surface area contributed by atoms with Crippen LogP contribution >= 0.6 is 11.6 Å². The second kappa shape index (κ2) is 7.97. The third-order valence-electron chi connectivity index (χ3n) is 3.98. The molecule has 26 heavy (non-hydrogen) atoms. The van der Waals surface area contributed by atoms with Crippen molar-refractivity contribution in [1.29, 1.82) is 0 Å². The highest BCUT2D eigenvalue weighted by Crippen LogP contribution is 2.19. The lowest BCUT2D eigenvalue weighted by atomic mass is 10.1. The maximum Gasteiger partial charge on any atom is 0.267 e. The number of nitrogens with one attached hydrogen (secondary N) is 1. The van der Waals surface area contributed by atoms with Gasteiger partial charge in [0.05, 0.1) is 5.69 Å². The number of aryl methyl sites for hydroxylation is 1. The fraction of sp³-hybridized carbons (Fsp3) is 0.150. The zero-order chi connectivity index (χ0) is 18.5. The molecule has 0 aliphatic heterocycles. The van der Waals surface area contributed by atoms with E-state index < -0.39 is 0 Å². The maximum atomic E-state index is 12.2. The molecule has 0 saturated heterocycles. The minimum atomic E-state index is -0.316. The van der Waals surface area contributed by atoms with Gasteiger partial charge in [-0.05, 0) is 36.2 Å². The first-order chi connectivity index (χ1) is 12.5. The molecule has 1 heterocycles. The lowest BCUT2D eigenvalue weighted by Crippen LogP contribution is -2.33. The monoisotopic (exact) mass is 367 g/mol. The molecule has 1 N–H and O–H groups in total. The normalized spacial score (nSPS) is 10.5. The molecular formula is C20H18ClN3O2. The van der Waals surface area contributed by atoms with Crippen molar-refractivity contribution >= 4 is 17.5 Å². The molecule has 0 fully saturated rings. The van der Waals surface area contributed by atoms with E-state index in [1.807, 2.05) is 43.3 Å². The average molecular weight is 368 g/mol. The van der Waals surface area contributed by atoms with Crippen molar-refractivity contribution in [1.82, 2.24) is 15.1 Å². The van der Waals surface area contributed by atoms with Crippen molar-refractivity contribution in [3.63, 3.8) is 0 Å². The van der Waals surface area contributed by atoms with E-state index in [1.165, 1.54) is 10.7 Å². The van der Waals surface area contributed by atoms with Gasteiger partial charge in [-0.1, -0.05) is 48.0 Å². The SMILES string of the molecule is Cc1ccccc1-c1ccc(=O)n(CC(=O)NCc2ccc(Cl)cc2)n1. The van der Waals surface area contributed by atoms with E-state index in [-0.39, 0.29) is 18.0 Å². The summed E-state index contributed by atoms with van der Waals surface area (Å²) in [4.78, 5) is 24.2. The summed E-state index contributed by atoms with van der Waals surface area (Å²) in [6.07, 6.45) is 0. The van der Waals surface area contributed by atoms with Crippen molar-refractivity contribution in [2.75, 3.05) is 0 Å². The molecule has 1 aromatic heterocycles. The van der Waals surface area contributed by atoms with Crippen molar-refractivity contribution in [3.05, 3.63) is 87.2 Å². The standard InChI is InChI=1S/C20H18ClN3O2/c1-14-4-2-3-5-17(14)18-10-11-20(26)24(23-18)13-19(25)22-12-15-6-8-16(21)9-7-15/h2-11H,12-13H2,1H3,(H,22,25). The number of carbonyl (C=O) groups excluding carboxylic acids is 1. The Balaban J connectivity index is 1.72. The largest absolute Gasteiger partial charge is 0.350 e. The average Bonchev–Trinajstić information content (AvgIpc) is 2.64. The number of hydrogen-bond acceptors (Lipinski definition) is 3. The van der Waals surface area contributed by atoms with Gasteiger partial charge in [-0.15, -0.1) is 0 Å². The van der Waals surface area contributed by atoms with Crippen molar-refractivity contribution in [2.45, 2.75) is 20.0 Å². The lowest BCUT2D eigenvalue weighted by Gasteiger charge is -2.09. The second-order valence-corrected chi connectivity index (χ2v) is 6.37. The first-order valence-corrected chi connectivity index (χ1v) is 8.56. The maximum absolute atomic E-state index is 12.2. The van der Waals surface area contributed by atoms with Gasteiger partial charge in [0.15, 0.2) is 0 Å². The lowest BCUT2D eigenvalue weighted by molar-refractivity contribution is -0.122. The Morgan fingerprint density at radius 3 is 2.54 bits per heavy atom. The number of nitrogens with zero attached hydrogens (tertiary/aromatic N) is 2. The Kier molecular flexibility index (Phi) is 5.49. The van der Waals surface area contributed by atoms with Crippen LogP contribution in [0, 0.1) is 6.92 Å². The predicted octanol–water partition coefficient (Wildman–Crippen LogP) is 3.19. The molecule has 5 nitrogen and oxygen atoms in total. The molecular weight excluding hydrogens is 350 g/mol.